The minimum atomic E-state index is -7.49. The van der Waals surface area contributed by atoms with Crippen LogP contribution in [0.25, 0.3) is 0 Å². The Balaban J connectivity index is 6.06. The summed E-state index contributed by atoms with van der Waals surface area (Å²) in [5.74, 6) is -30.9. The standard InChI is InChI=1S/C10H7F11O2/c1-3-5(22)23-10(20,21)9(18,19)8(16,17)7(14,15)6(12,13)4(2)11/h3-4H,1H2,2H3. The summed E-state index contributed by atoms with van der Waals surface area (Å²) in [6, 6.07) is 0. The quantitative estimate of drug-likeness (QED) is 0.382. The Kier molecular flexibility index (Phi) is 5.42. The second kappa shape index (κ2) is 5.82. The van der Waals surface area contributed by atoms with Crippen LogP contribution in [0.5, 0.6) is 0 Å². The molecule has 0 aliphatic heterocycles. The van der Waals surface area contributed by atoms with Crippen LogP contribution in [0.2, 0.25) is 0 Å². The first kappa shape index (κ1) is 21.4. The fraction of sp³-hybridized carbons (Fsp3) is 0.700. The van der Waals surface area contributed by atoms with E-state index in [4.69, 9.17) is 0 Å². The number of hydrogen-bond donors (Lipinski definition) is 0. The maximum atomic E-state index is 13.0. The lowest BCUT2D eigenvalue weighted by Gasteiger charge is -2.38. The second-order valence-electron chi connectivity index (χ2n) is 4.10. The Labute approximate surface area is 120 Å². The predicted octanol–water partition coefficient (Wildman–Crippen LogP) is 4.21. The molecule has 0 saturated carbocycles. The van der Waals surface area contributed by atoms with Crippen molar-refractivity contribution in [2.24, 2.45) is 0 Å². The van der Waals surface area contributed by atoms with Crippen molar-refractivity contribution in [3.05, 3.63) is 12.7 Å². The molecule has 1 unspecified atom stereocenters. The predicted molar refractivity (Wildman–Crippen MR) is 51.6 cm³/mol. The Bertz CT molecular complexity index is 469. The van der Waals surface area contributed by atoms with E-state index in [2.05, 4.69) is 11.3 Å². The van der Waals surface area contributed by atoms with Crippen LogP contribution < -0.4 is 0 Å². The zero-order valence-corrected chi connectivity index (χ0v) is 10.8. The molecule has 0 amide bonds. The molecule has 0 heterocycles. The van der Waals surface area contributed by atoms with Crippen molar-refractivity contribution < 1.29 is 57.8 Å². The maximum Gasteiger partial charge on any atom is 0.473 e. The van der Waals surface area contributed by atoms with E-state index in [0.717, 1.165) is 0 Å². The molecule has 0 aliphatic rings. The van der Waals surface area contributed by atoms with E-state index in [9.17, 15) is 53.1 Å². The van der Waals surface area contributed by atoms with E-state index in [-0.39, 0.29) is 13.0 Å². The van der Waals surface area contributed by atoms with Gasteiger partial charge in [-0.25, -0.2) is 9.18 Å². The van der Waals surface area contributed by atoms with Crippen LogP contribution in [0.15, 0.2) is 12.7 Å². The second-order valence-corrected chi connectivity index (χ2v) is 4.10. The molecule has 0 radical (unpaired) electrons. The summed E-state index contributed by atoms with van der Waals surface area (Å²) >= 11 is 0. The Morgan fingerprint density at radius 2 is 1.30 bits per heavy atom. The number of esters is 1. The maximum absolute atomic E-state index is 13.0. The Morgan fingerprint density at radius 1 is 0.913 bits per heavy atom. The molecule has 1 atom stereocenters. The normalized spacial score (nSPS) is 16.0. The van der Waals surface area contributed by atoms with Gasteiger partial charge in [0.05, 0.1) is 0 Å². The van der Waals surface area contributed by atoms with Crippen molar-refractivity contribution in [2.45, 2.75) is 42.9 Å². The fourth-order valence-electron chi connectivity index (χ4n) is 1.07. The highest BCUT2D eigenvalue weighted by molar-refractivity contribution is 5.81. The van der Waals surface area contributed by atoms with Gasteiger partial charge < -0.3 is 4.74 Å². The summed E-state index contributed by atoms with van der Waals surface area (Å²) in [5.41, 5.74) is 0. The van der Waals surface area contributed by atoms with Crippen LogP contribution in [-0.2, 0) is 9.53 Å². The van der Waals surface area contributed by atoms with E-state index < -0.39 is 41.9 Å². The molecule has 0 aromatic heterocycles. The third-order valence-electron chi connectivity index (χ3n) is 2.47. The van der Waals surface area contributed by atoms with Gasteiger partial charge in [0.1, 0.15) is 0 Å². The average molecular weight is 368 g/mol. The minimum Gasteiger partial charge on any atom is -0.393 e. The van der Waals surface area contributed by atoms with Crippen molar-refractivity contribution in [3.8, 4) is 0 Å². The monoisotopic (exact) mass is 368 g/mol. The highest BCUT2D eigenvalue weighted by Crippen LogP contribution is 2.58. The van der Waals surface area contributed by atoms with Crippen molar-refractivity contribution in [3.63, 3.8) is 0 Å². The molecule has 0 rings (SSSR count). The van der Waals surface area contributed by atoms with Crippen LogP contribution >= 0.6 is 0 Å². The van der Waals surface area contributed by atoms with Gasteiger partial charge in [-0.1, -0.05) is 6.58 Å². The number of rotatable bonds is 7. The first-order valence-corrected chi connectivity index (χ1v) is 5.28. The van der Waals surface area contributed by atoms with E-state index in [1.165, 1.54) is 0 Å². The van der Waals surface area contributed by atoms with Crippen molar-refractivity contribution in [2.75, 3.05) is 0 Å². The molecule has 0 saturated heterocycles. The number of alkyl halides is 11. The Hall–Kier alpha value is -1.56. The van der Waals surface area contributed by atoms with Crippen LogP contribution in [-0.4, -0.2) is 41.9 Å². The highest BCUT2D eigenvalue weighted by Gasteiger charge is 2.88. The molecular weight excluding hydrogens is 361 g/mol. The van der Waals surface area contributed by atoms with Crippen molar-refractivity contribution >= 4 is 5.97 Å². The molecule has 0 spiro atoms. The van der Waals surface area contributed by atoms with Crippen LogP contribution in [0.1, 0.15) is 6.92 Å². The number of ether oxygens (including phenoxy) is 1. The summed E-state index contributed by atoms with van der Waals surface area (Å²) in [7, 11) is 0. The lowest BCUT2D eigenvalue weighted by atomic mass is 9.95. The third kappa shape index (κ3) is 3.09. The van der Waals surface area contributed by atoms with Gasteiger partial charge in [0.15, 0.2) is 6.17 Å². The molecule has 0 bridgehead atoms. The highest BCUT2D eigenvalue weighted by atomic mass is 19.4. The van der Waals surface area contributed by atoms with Gasteiger partial charge in [0.2, 0.25) is 0 Å². The molecular formula is C10H7F11O2. The minimum absolute atomic E-state index is 0.210. The summed E-state index contributed by atoms with van der Waals surface area (Å²) < 4.78 is 144. The van der Waals surface area contributed by atoms with Crippen molar-refractivity contribution in [1.82, 2.24) is 0 Å². The van der Waals surface area contributed by atoms with Gasteiger partial charge in [0, 0.05) is 6.08 Å². The number of hydrogen-bond acceptors (Lipinski definition) is 2. The molecule has 0 fully saturated rings. The Morgan fingerprint density at radius 3 is 1.61 bits per heavy atom. The molecule has 136 valence electrons. The van der Waals surface area contributed by atoms with Gasteiger partial charge in [-0.2, -0.15) is 43.9 Å². The lowest BCUT2D eigenvalue weighted by Crippen LogP contribution is -2.69. The van der Waals surface area contributed by atoms with Gasteiger partial charge in [-0.05, 0) is 6.92 Å². The van der Waals surface area contributed by atoms with E-state index in [0.29, 0.717) is 0 Å². The van der Waals surface area contributed by atoms with Crippen LogP contribution in [0.3, 0.4) is 0 Å². The zero-order valence-electron chi connectivity index (χ0n) is 10.8. The lowest BCUT2D eigenvalue weighted by molar-refractivity contribution is -0.439. The third-order valence-corrected chi connectivity index (χ3v) is 2.47. The van der Waals surface area contributed by atoms with Gasteiger partial charge >= 0.3 is 35.8 Å². The van der Waals surface area contributed by atoms with Gasteiger partial charge in [0.25, 0.3) is 0 Å². The van der Waals surface area contributed by atoms with E-state index >= 15 is 0 Å². The molecule has 0 aromatic carbocycles. The molecule has 0 N–H and O–H groups in total. The topological polar surface area (TPSA) is 26.3 Å². The summed E-state index contributed by atoms with van der Waals surface area (Å²) in [6.07, 6.45) is -10.9. The number of halogens is 11. The molecule has 13 heteroatoms. The smallest absolute Gasteiger partial charge is 0.393 e. The van der Waals surface area contributed by atoms with Crippen LogP contribution in [0, 0.1) is 0 Å². The molecule has 2 nitrogen and oxygen atoms in total. The molecule has 0 aromatic rings. The van der Waals surface area contributed by atoms with Gasteiger partial charge in [-0.3, -0.25) is 0 Å². The van der Waals surface area contributed by atoms with Crippen LogP contribution in [0.4, 0.5) is 48.3 Å². The molecule has 0 aliphatic carbocycles. The number of carbonyl (C=O) groups is 1. The fourth-order valence-corrected chi connectivity index (χ4v) is 1.07. The zero-order chi connectivity index (χ0) is 19.1. The summed E-state index contributed by atoms with van der Waals surface area (Å²) in [5, 5.41) is 0. The van der Waals surface area contributed by atoms with Crippen molar-refractivity contribution in [1.29, 1.82) is 0 Å². The van der Waals surface area contributed by atoms with E-state index in [1.54, 1.807) is 0 Å². The first-order valence-electron chi connectivity index (χ1n) is 5.28. The van der Waals surface area contributed by atoms with Gasteiger partial charge in [-0.15, -0.1) is 0 Å². The average Bonchev–Trinajstić information content (AvgIpc) is 2.36. The number of carbonyl (C=O) groups excluding carboxylic acids is 1. The molecule has 23 heavy (non-hydrogen) atoms. The SMILES string of the molecule is C=CC(=O)OC(F)(F)C(F)(F)C(F)(F)C(F)(F)C(F)(F)C(C)F. The van der Waals surface area contributed by atoms with E-state index in [1.807, 2.05) is 0 Å². The first-order chi connectivity index (χ1) is 9.90. The summed E-state index contributed by atoms with van der Waals surface area (Å²) in [4.78, 5) is 10.4. The largest absolute Gasteiger partial charge is 0.473 e. The summed E-state index contributed by atoms with van der Waals surface area (Å²) in [6.45, 7) is 2.07.